The van der Waals surface area contributed by atoms with Crippen LogP contribution in [0.5, 0.6) is 0 Å². The van der Waals surface area contributed by atoms with Crippen LogP contribution in [0, 0.1) is 0 Å². The first kappa shape index (κ1) is 21.6. The van der Waals surface area contributed by atoms with Crippen molar-refractivity contribution in [2.45, 2.75) is 51.5 Å². The van der Waals surface area contributed by atoms with Crippen molar-refractivity contribution < 1.29 is 4.79 Å². The maximum absolute atomic E-state index is 13.3. The van der Waals surface area contributed by atoms with Gasteiger partial charge < -0.3 is 9.80 Å². The van der Waals surface area contributed by atoms with Crippen LogP contribution in [0.4, 0.5) is 5.82 Å². The van der Waals surface area contributed by atoms with Crippen LogP contribution in [-0.4, -0.2) is 45.3 Å². The normalized spacial score (nSPS) is 20.3. The summed E-state index contributed by atoms with van der Waals surface area (Å²) >= 11 is 0. The van der Waals surface area contributed by atoms with Gasteiger partial charge in [0.05, 0.1) is 17.8 Å². The standard InChI is InChI=1S/C27H31N5O/c1-3-22-14-15-23-25(26(29-19-28-23)30(2)16-20-10-6-4-7-11-20)27-31(22)18-24(33)32(27)17-21-12-8-5-9-13-21/h4-13,19,22,27H,3,14-18H2,1-2H3/t22-,27?/m1/s1. The SMILES string of the molecule is CC[C@@H]1CCc2ncnc(N(C)Cc3ccccc3)c2C2N(Cc3ccccc3)C(=O)CN21. The average Bonchev–Trinajstić information content (AvgIpc) is 3.06. The van der Waals surface area contributed by atoms with E-state index in [9.17, 15) is 4.79 Å². The van der Waals surface area contributed by atoms with Gasteiger partial charge in [-0.05, 0) is 30.4 Å². The fraction of sp³-hybridized carbons (Fsp3) is 0.370. The number of aromatic nitrogens is 2. The summed E-state index contributed by atoms with van der Waals surface area (Å²) in [5.74, 6) is 1.10. The highest BCUT2D eigenvalue weighted by Crippen LogP contribution is 2.42. The molecular weight excluding hydrogens is 410 g/mol. The fourth-order valence-corrected chi connectivity index (χ4v) is 5.28. The molecule has 1 unspecified atom stereocenters. The van der Waals surface area contributed by atoms with E-state index in [-0.39, 0.29) is 12.1 Å². The van der Waals surface area contributed by atoms with Crippen molar-refractivity contribution in [1.29, 1.82) is 0 Å². The molecule has 1 fully saturated rings. The minimum Gasteiger partial charge on any atom is -0.355 e. The highest BCUT2D eigenvalue weighted by atomic mass is 16.2. The van der Waals surface area contributed by atoms with E-state index >= 15 is 0 Å². The Labute approximate surface area is 195 Å². The molecule has 2 aliphatic rings. The highest BCUT2D eigenvalue weighted by Gasteiger charge is 2.46. The Kier molecular flexibility index (Phi) is 6.09. The number of hydrogen-bond donors (Lipinski definition) is 0. The molecule has 6 heteroatoms. The number of aryl methyl sites for hydroxylation is 1. The molecule has 1 amide bonds. The Morgan fingerprint density at radius 2 is 1.70 bits per heavy atom. The molecule has 6 nitrogen and oxygen atoms in total. The number of nitrogens with zero attached hydrogens (tertiary/aromatic N) is 5. The van der Waals surface area contributed by atoms with Crippen molar-refractivity contribution >= 4 is 11.7 Å². The third kappa shape index (κ3) is 4.23. The summed E-state index contributed by atoms with van der Waals surface area (Å²) in [5, 5.41) is 0. The second-order valence-corrected chi connectivity index (χ2v) is 9.05. The van der Waals surface area contributed by atoms with E-state index in [0.29, 0.717) is 19.1 Å². The van der Waals surface area contributed by atoms with Crippen molar-refractivity contribution in [2.75, 3.05) is 18.5 Å². The number of rotatable bonds is 6. The molecule has 5 rings (SSSR count). The van der Waals surface area contributed by atoms with Gasteiger partial charge in [-0.2, -0.15) is 0 Å². The van der Waals surface area contributed by atoms with E-state index in [4.69, 9.17) is 9.97 Å². The van der Waals surface area contributed by atoms with Crippen LogP contribution in [0.3, 0.4) is 0 Å². The lowest BCUT2D eigenvalue weighted by atomic mass is 10.1. The van der Waals surface area contributed by atoms with Crippen LogP contribution in [0.25, 0.3) is 0 Å². The molecule has 0 spiro atoms. The van der Waals surface area contributed by atoms with Gasteiger partial charge in [-0.15, -0.1) is 0 Å². The monoisotopic (exact) mass is 441 g/mol. The summed E-state index contributed by atoms with van der Waals surface area (Å²) in [6.45, 7) is 4.01. The summed E-state index contributed by atoms with van der Waals surface area (Å²) in [7, 11) is 2.08. The summed E-state index contributed by atoms with van der Waals surface area (Å²) in [6.07, 6.45) is 4.47. The molecule has 1 aromatic heterocycles. The van der Waals surface area contributed by atoms with Crippen molar-refractivity contribution in [2.24, 2.45) is 0 Å². The Bertz CT molecular complexity index is 1100. The Hall–Kier alpha value is -3.25. The smallest absolute Gasteiger partial charge is 0.238 e. The average molecular weight is 442 g/mol. The number of fused-ring (bicyclic) bond motifs is 3. The van der Waals surface area contributed by atoms with E-state index in [1.165, 1.54) is 5.56 Å². The molecule has 3 heterocycles. The summed E-state index contributed by atoms with van der Waals surface area (Å²) in [4.78, 5) is 29.4. The number of hydrogen-bond acceptors (Lipinski definition) is 5. The molecule has 2 atom stereocenters. The van der Waals surface area contributed by atoms with Crippen LogP contribution in [0.15, 0.2) is 67.0 Å². The molecule has 33 heavy (non-hydrogen) atoms. The van der Waals surface area contributed by atoms with Crippen LogP contribution in [0.2, 0.25) is 0 Å². The summed E-state index contributed by atoms with van der Waals surface area (Å²) in [6, 6.07) is 21.0. The maximum Gasteiger partial charge on any atom is 0.238 e. The molecule has 0 aliphatic carbocycles. The quantitative estimate of drug-likeness (QED) is 0.574. The molecule has 1 saturated heterocycles. The molecule has 3 aromatic rings. The van der Waals surface area contributed by atoms with Crippen LogP contribution < -0.4 is 4.90 Å². The van der Waals surface area contributed by atoms with E-state index in [2.05, 4.69) is 60.2 Å². The van der Waals surface area contributed by atoms with Gasteiger partial charge in [0.25, 0.3) is 0 Å². The number of carbonyl (C=O) groups is 1. The van der Waals surface area contributed by atoms with E-state index < -0.39 is 0 Å². The summed E-state index contributed by atoms with van der Waals surface area (Å²) in [5.41, 5.74) is 4.53. The highest BCUT2D eigenvalue weighted by molar-refractivity contribution is 5.81. The van der Waals surface area contributed by atoms with Gasteiger partial charge >= 0.3 is 0 Å². The largest absolute Gasteiger partial charge is 0.355 e. The van der Waals surface area contributed by atoms with Crippen LogP contribution in [-0.2, 0) is 24.3 Å². The second kappa shape index (κ2) is 9.32. The van der Waals surface area contributed by atoms with Gasteiger partial charge in [-0.3, -0.25) is 9.69 Å². The maximum atomic E-state index is 13.3. The lowest BCUT2D eigenvalue weighted by molar-refractivity contribution is -0.128. The van der Waals surface area contributed by atoms with Gasteiger partial charge in [-0.1, -0.05) is 67.6 Å². The predicted molar refractivity (Wildman–Crippen MR) is 129 cm³/mol. The first-order valence-corrected chi connectivity index (χ1v) is 11.8. The van der Waals surface area contributed by atoms with E-state index in [1.54, 1.807) is 6.33 Å². The zero-order valence-corrected chi connectivity index (χ0v) is 19.4. The van der Waals surface area contributed by atoms with Gasteiger partial charge in [0.2, 0.25) is 5.91 Å². The molecule has 0 radical (unpaired) electrons. The van der Waals surface area contributed by atoms with Gasteiger partial charge in [0.15, 0.2) is 0 Å². The van der Waals surface area contributed by atoms with Gasteiger partial charge in [0, 0.05) is 26.2 Å². The number of amides is 1. The predicted octanol–water partition coefficient (Wildman–Crippen LogP) is 4.18. The lowest BCUT2D eigenvalue weighted by Crippen LogP contribution is -2.38. The minimum absolute atomic E-state index is 0.144. The summed E-state index contributed by atoms with van der Waals surface area (Å²) < 4.78 is 0. The Morgan fingerprint density at radius 1 is 1.00 bits per heavy atom. The van der Waals surface area contributed by atoms with Crippen molar-refractivity contribution in [1.82, 2.24) is 19.8 Å². The number of benzene rings is 2. The molecule has 0 bridgehead atoms. The van der Waals surface area contributed by atoms with Crippen LogP contribution in [0.1, 0.15) is 48.3 Å². The molecule has 2 aliphatic heterocycles. The van der Waals surface area contributed by atoms with Gasteiger partial charge in [0.1, 0.15) is 18.3 Å². The Balaban J connectivity index is 1.57. The third-order valence-corrected chi connectivity index (χ3v) is 6.93. The minimum atomic E-state index is -0.144. The molecule has 170 valence electrons. The van der Waals surface area contributed by atoms with Crippen molar-refractivity contribution in [3.05, 3.63) is 89.4 Å². The van der Waals surface area contributed by atoms with E-state index in [0.717, 1.165) is 48.4 Å². The van der Waals surface area contributed by atoms with Gasteiger partial charge in [-0.25, -0.2) is 9.97 Å². The van der Waals surface area contributed by atoms with E-state index in [1.807, 2.05) is 29.2 Å². The molecule has 0 saturated carbocycles. The van der Waals surface area contributed by atoms with Crippen molar-refractivity contribution in [3.63, 3.8) is 0 Å². The molecule has 0 N–H and O–H groups in total. The first-order chi connectivity index (χ1) is 16.2. The topological polar surface area (TPSA) is 52.6 Å². The zero-order chi connectivity index (χ0) is 22.8. The second-order valence-electron chi connectivity index (χ2n) is 9.05. The number of carbonyl (C=O) groups excluding carboxylic acids is 1. The Morgan fingerprint density at radius 3 is 2.39 bits per heavy atom. The molecular formula is C27H31N5O. The number of anilines is 1. The molecule has 2 aromatic carbocycles. The first-order valence-electron chi connectivity index (χ1n) is 11.8. The fourth-order valence-electron chi connectivity index (χ4n) is 5.28. The van der Waals surface area contributed by atoms with Crippen LogP contribution >= 0.6 is 0 Å². The lowest BCUT2D eigenvalue weighted by Gasteiger charge is -2.35. The van der Waals surface area contributed by atoms with Crippen molar-refractivity contribution in [3.8, 4) is 0 Å². The third-order valence-electron chi connectivity index (χ3n) is 6.93. The zero-order valence-electron chi connectivity index (χ0n) is 19.4.